The summed E-state index contributed by atoms with van der Waals surface area (Å²) in [4.78, 5) is 14.0. The number of aliphatic hydroxyl groups excluding tert-OH is 10. The molecule has 1 aromatic heterocycles. The lowest BCUT2D eigenvalue weighted by molar-refractivity contribution is -0.378. The van der Waals surface area contributed by atoms with E-state index >= 15 is 0 Å². The van der Waals surface area contributed by atoms with Gasteiger partial charge in [-0.05, 0) is 37.1 Å². The Morgan fingerprint density at radius 2 is 1.17 bits per heavy atom. The molecule has 0 radical (unpaired) electrons. The second kappa shape index (κ2) is 15.0. The van der Waals surface area contributed by atoms with Crippen LogP contribution < -0.4 is 10.2 Å². The van der Waals surface area contributed by atoms with Gasteiger partial charge in [0.1, 0.15) is 77.0 Å². The van der Waals surface area contributed by atoms with Crippen molar-refractivity contribution >= 4 is 11.0 Å². The highest BCUT2D eigenvalue weighted by Gasteiger charge is 2.52. The minimum absolute atomic E-state index is 0.106. The zero-order valence-electron chi connectivity index (χ0n) is 26.7. The molecule has 3 aliphatic rings. The number of phenols is 3. The Kier molecular flexibility index (Phi) is 10.9. The van der Waals surface area contributed by atoms with Crippen LogP contribution in [0.3, 0.4) is 0 Å². The molecule has 3 fully saturated rings. The molecule has 3 aromatic rings. The van der Waals surface area contributed by atoms with Crippen molar-refractivity contribution in [2.45, 2.75) is 105 Å². The molecule has 0 saturated carbocycles. The number of phenolic OH excluding ortho intramolecular Hbond substituents is 3. The largest absolute Gasteiger partial charge is 0.508 e. The van der Waals surface area contributed by atoms with Crippen molar-refractivity contribution in [3.8, 4) is 34.3 Å². The van der Waals surface area contributed by atoms with Crippen LogP contribution in [0.25, 0.3) is 22.3 Å². The third kappa shape index (κ3) is 7.14. The first-order chi connectivity index (χ1) is 24.6. The molecule has 0 bridgehead atoms. The normalized spacial score (nSPS) is 38.3. The fourth-order valence-corrected chi connectivity index (χ4v) is 6.27. The Labute approximate surface area is 291 Å². The van der Waals surface area contributed by atoms with Crippen LogP contribution in [0, 0.1) is 0 Å². The summed E-state index contributed by atoms with van der Waals surface area (Å²) >= 11 is 0. The molecule has 2 aromatic carbocycles. The molecule has 0 spiro atoms. The summed E-state index contributed by atoms with van der Waals surface area (Å²) in [5.74, 6) is -2.42. The van der Waals surface area contributed by atoms with E-state index in [1.54, 1.807) is 0 Å². The molecule has 286 valence electrons. The van der Waals surface area contributed by atoms with Crippen LogP contribution in [0.2, 0.25) is 0 Å². The number of benzene rings is 2. The average molecular weight is 743 g/mol. The molecule has 13 N–H and O–H groups in total. The van der Waals surface area contributed by atoms with Crippen LogP contribution in [0.5, 0.6) is 23.0 Å². The molecule has 0 aliphatic carbocycles. The highest BCUT2D eigenvalue weighted by Crippen LogP contribution is 2.39. The van der Waals surface area contributed by atoms with E-state index in [1.165, 1.54) is 24.3 Å². The number of ether oxygens (including phenoxy) is 5. The second-order valence-corrected chi connectivity index (χ2v) is 12.7. The quantitative estimate of drug-likeness (QED) is 0.105. The van der Waals surface area contributed by atoms with Crippen molar-refractivity contribution in [1.29, 1.82) is 0 Å². The zero-order valence-corrected chi connectivity index (χ0v) is 26.7. The van der Waals surface area contributed by atoms with Gasteiger partial charge in [-0.25, -0.2) is 0 Å². The fourth-order valence-electron chi connectivity index (χ4n) is 6.27. The van der Waals surface area contributed by atoms with Gasteiger partial charge >= 0.3 is 0 Å². The van der Waals surface area contributed by atoms with E-state index in [9.17, 15) is 71.2 Å². The molecule has 20 heteroatoms. The van der Waals surface area contributed by atoms with Crippen LogP contribution in [0.1, 0.15) is 12.8 Å². The van der Waals surface area contributed by atoms with Crippen LogP contribution in [-0.2, 0) is 18.9 Å². The van der Waals surface area contributed by atoms with Crippen molar-refractivity contribution in [2.24, 2.45) is 0 Å². The molecule has 15 atom stereocenters. The minimum atomic E-state index is -2.10. The average Bonchev–Trinajstić information content (AvgIpc) is 3.10. The van der Waals surface area contributed by atoms with Crippen molar-refractivity contribution in [1.82, 2.24) is 0 Å². The number of aliphatic hydroxyl groups is 10. The van der Waals surface area contributed by atoms with Gasteiger partial charge in [-0.1, -0.05) is 0 Å². The summed E-state index contributed by atoms with van der Waals surface area (Å²) in [7, 11) is 0. The molecule has 52 heavy (non-hydrogen) atoms. The van der Waals surface area contributed by atoms with Gasteiger partial charge in [-0.15, -0.1) is 0 Å². The predicted molar refractivity (Wildman–Crippen MR) is 166 cm³/mol. The van der Waals surface area contributed by atoms with Gasteiger partial charge < -0.3 is 94.5 Å². The van der Waals surface area contributed by atoms with E-state index in [0.717, 1.165) is 12.1 Å². The Hall–Kier alpha value is -3.71. The zero-order chi connectivity index (χ0) is 37.8. The molecule has 20 nitrogen and oxygen atoms in total. The monoisotopic (exact) mass is 742 g/mol. The van der Waals surface area contributed by atoms with Gasteiger partial charge in [0.2, 0.25) is 17.5 Å². The second-order valence-electron chi connectivity index (χ2n) is 12.7. The summed E-state index contributed by atoms with van der Waals surface area (Å²) in [6.45, 7) is 0. The first-order valence-corrected chi connectivity index (χ1v) is 16.0. The van der Waals surface area contributed by atoms with Crippen LogP contribution >= 0.6 is 0 Å². The maximum Gasteiger partial charge on any atom is 0.239 e. The summed E-state index contributed by atoms with van der Waals surface area (Å²) in [5, 5.41) is 134. The van der Waals surface area contributed by atoms with Crippen LogP contribution in [0.15, 0.2) is 45.6 Å². The van der Waals surface area contributed by atoms with Crippen molar-refractivity contribution < 1.29 is 94.5 Å². The fraction of sp³-hybridized carbons (Fsp3) is 0.531. The Morgan fingerprint density at radius 1 is 0.596 bits per heavy atom. The lowest BCUT2D eigenvalue weighted by Gasteiger charge is -2.46. The number of rotatable bonds is 8. The Bertz CT molecular complexity index is 1770. The Morgan fingerprint density at radius 3 is 1.83 bits per heavy atom. The summed E-state index contributed by atoms with van der Waals surface area (Å²) < 4.78 is 33.8. The molecule has 0 amide bonds. The standard InChI is InChI=1S/C32H38O20/c33-10-3-1-9(2-4-10)26-27(19(38)16-12(35)7-11(34)8-15(16)47-26)50-32-28(51-31-25(44)21(40)24(43)30(46)52-31)22(41)18(37)14(49-32)6-5-13-17(36)20(39)23(42)29(45)48-13/h1-4,7-8,13-14,17-18,20-25,28-37,39-46H,5-6H2. The third-order valence-corrected chi connectivity index (χ3v) is 9.18. The molecular weight excluding hydrogens is 704 g/mol. The van der Waals surface area contributed by atoms with Crippen molar-refractivity contribution in [3.05, 3.63) is 46.6 Å². The molecule has 3 saturated heterocycles. The molecule has 3 aliphatic heterocycles. The number of aromatic hydroxyl groups is 3. The summed E-state index contributed by atoms with van der Waals surface area (Å²) in [5.41, 5.74) is -1.25. The number of hydrogen-bond acceptors (Lipinski definition) is 20. The lowest BCUT2D eigenvalue weighted by Crippen LogP contribution is -2.64. The highest BCUT2D eigenvalue weighted by atomic mass is 16.8. The van der Waals surface area contributed by atoms with Crippen LogP contribution in [-0.4, -0.2) is 159 Å². The SMILES string of the molecule is O=c1c(OC2OC(CCC3OC(O)C(O)C(O)C3O)C(O)C(O)C2OC2OC(O)C(O)C(O)C2O)c(-c2ccc(O)cc2)oc2cc(O)cc(O)c12. The molecule has 4 heterocycles. The van der Waals surface area contributed by atoms with Gasteiger partial charge in [0.15, 0.2) is 30.7 Å². The third-order valence-electron chi connectivity index (χ3n) is 9.18. The van der Waals surface area contributed by atoms with Crippen molar-refractivity contribution in [3.63, 3.8) is 0 Å². The van der Waals surface area contributed by atoms with E-state index in [0.29, 0.717) is 0 Å². The summed E-state index contributed by atoms with van der Waals surface area (Å²) in [6.07, 6.45) is -28.6. The van der Waals surface area contributed by atoms with Crippen molar-refractivity contribution in [2.75, 3.05) is 0 Å². The lowest BCUT2D eigenvalue weighted by atomic mass is 9.91. The van der Waals surface area contributed by atoms with E-state index < -0.39 is 120 Å². The van der Waals surface area contributed by atoms with E-state index in [-0.39, 0.29) is 35.5 Å². The molecule has 15 unspecified atom stereocenters. The molecular formula is C32H38O20. The maximum atomic E-state index is 14.0. The predicted octanol–water partition coefficient (Wildman–Crippen LogP) is -3.87. The van der Waals surface area contributed by atoms with E-state index in [2.05, 4.69) is 0 Å². The minimum Gasteiger partial charge on any atom is -0.508 e. The molecule has 6 rings (SSSR count). The number of hydrogen-bond donors (Lipinski definition) is 13. The number of fused-ring (bicyclic) bond motifs is 1. The van der Waals surface area contributed by atoms with Gasteiger partial charge in [0.25, 0.3) is 0 Å². The highest BCUT2D eigenvalue weighted by molar-refractivity contribution is 5.88. The van der Waals surface area contributed by atoms with Gasteiger partial charge in [-0.2, -0.15) is 0 Å². The first-order valence-electron chi connectivity index (χ1n) is 16.0. The van der Waals surface area contributed by atoms with Gasteiger partial charge in [0.05, 0.1) is 12.2 Å². The van der Waals surface area contributed by atoms with Gasteiger partial charge in [-0.3, -0.25) is 4.79 Å². The topological polar surface area (TPSA) is 339 Å². The van der Waals surface area contributed by atoms with Crippen LogP contribution in [0.4, 0.5) is 0 Å². The van der Waals surface area contributed by atoms with E-state index in [4.69, 9.17) is 28.1 Å². The first kappa shape index (κ1) is 38.0. The smallest absolute Gasteiger partial charge is 0.239 e. The maximum absolute atomic E-state index is 14.0. The Balaban J connectivity index is 1.38. The summed E-state index contributed by atoms with van der Waals surface area (Å²) in [6, 6.07) is 7.01. The van der Waals surface area contributed by atoms with E-state index in [1.807, 2.05) is 0 Å². The van der Waals surface area contributed by atoms with Gasteiger partial charge in [0, 0.05) is 17.7 Å².